The second-order valence-electron chi connectivity index (χ2n) is 8.35. The van der Waals surface area contributed by atoms with E-state index in [1.807, 2.05) is 24.3 Å². The van der Waals surface area contributed by atoms with Crippen molar-refractivity contribution in [2.75, 3.05) is 28.4 Å². The van der Waals surface area contributed by atoms with Crippen molar-refractivity contribution < 1.29 is 24.1 Å². The molecule has 2 N–H and O–H groups in total. The number of benzene rings is 2. The Hall–Kier alpha value is -3.68. The van der Waals surface area contributed by atoms with E-state index in [0.717, 1.165) is 48.4 Å². The zero-order valence-corrected chi connectivity index (χ0v) is 20.1. The number of carbonyl (C=O) groups excluding carboxylic acids is 1. The van der Waals surface area contributed by atoms with Gasteiger partial charge < -0.3 is 24.6 Å². The number of nitrogens with zero attached hydrogens (tertiary/aromatic N) is 2. The molecular weight excluding hydrogens is 434 g/mol. The Labute approximate surface area is 199 Å². The first-order valence-electron chi connectivity index (χ1n) is 11.5. The Bertz CT molecular complexity index is 1140. The van der Waals surface area contributed by atoms with Gasteiger partial charge >= 0.3 is 6.03 Å². The molecule has 8 heteroatoms. The van der Waals surface area contributed by atoms with Crippen molar-refractivity contribution in [3.63, 3.8) is 0 Å². The van der Waals surface area contributed by atoms with Crippen molar-refractivity contribution in [1.29, 1.82) is 0 Å². The quantitative estimate of drug-likeness (QED) is 0.521. The number of amides is 1. The first-order chi connectivity index (χ1) is 16.5. The second kappa shape index (κ2) is 10.1. The highest BCUT2D eigenvalue weighted by molar-refractivity contribution is 5.89. The Morgan fingerprint density at radius 1 is 0.971 bits per heavy atom. The fourth-order valence-electron chi connectivity index (χ4n) is 4.65. The molecule has 1 saturated carbocycles. The molecule has 0 unspecified atom stereocenters. The van der Waals surface area contributed by atoms with Crippen LogP contribution in [-0.4, -0.2) is 49.1 Å². The van der Waals surface area contributed by atoms with E-state index in [4.69, 9.17) is 19.2 Å². The maximum Gasteiger partial charge on any atom is 0.327 e. The summed E-state index contributed by atoms with van der Waals surface area (Å²) in [7, 11) is 6.17. The number of nitrogens with one attached hydrogen (secondary N) is 1. The van der Waals surface area contributed by atoms with Crippen LogP contribution in [0.25, 0.3) is 22.6 Å². The van der Waals surface area contributed by atoms with Crippen LogP contribution in [0.3, 0.4) is 0 Å². The van der Waals surface area contributed by atoms with Crippen LogP contribution >= 0.6 is 0 Å². The van der Waals surface area contributed by atoms with Crippen molar-refractivity contribution in [2.45, 2.75) is 38.0 Å². The third-order valence-corrected chi connectivity index (χ3v) is 6.41. The van der Waals surface area contributed by atoms with Gasteiger partial charge in [0.1, 0.15) is 11.6 Å². The summed E-state index contributed by atoms with van der Waals surface area (Å²) in [5, 5.41) is 13.2. The fourth-order valence-corrected chi connectivity index (χ4v) is 4.65. The van der Waals surface area contributed by atoms with E-state index in [0.29, 0.717) is 11.4 Å². The number of rotatable bonds is 6. The first-order valence-corrected chi connectivity index (χ1v) is 11.5. The number of hydrogen-bond acceptors (Lipinski definition) is 6. The number of aromatic hydroxyl groups is 1. The van der Waals surface area contributed by atoms with Crippen LogP contribution < -0.4 is 19.5 Å². The summed E-state index contributed by atoms with van der Waals surface area (Å²) >= 11 is 0. The Kier molecular flexibility index (Phi) is 6.95. The smallest absolute Gasteiger partial charge is 0.327 e. The summed E-state index contributed by atoms with van der Waals surface area (Å²) in [5.74, 6) is 1.83. The predicted octanol–water partition coefficient (Wildman–Crippen LogP) is 5.18. The van der Waals surface area contributed by atoms with Gasteiger partial charge in [-0.15, -0.1) is 0 Å². The summed E-state index contributed by atoms with van der Waals surface area (Å²) in [4.78, 5) is 18.3. The van der Waals surface area contributed by atoms with E-state index in [9.17, 15) is 9.90 Å². The maximum absolute atomic E-state index is 13.3. The van der Waals surface area contributed by atoms with Crippen LogP contribution in [-0.2, 0) is 0 Å². The summed E-state index contributed by atoms with van der Waals surface area (Å²) in [6, 6.07) is 10.7. The van der Waals surface area contributed by atoms with E-state index < -0.39 is 0 Å². The lowest BCUT2D eigenvalue weighted by Gasteiger charge is -2.21. The van der Waals surface area contributed by atoms with Gasteiger partial charge in [-0.2, -0.15) is 0 Å². The highest BCUT2D eigenvalue weighted by Gasteiger charge is 2.30. The first kappa shape index (κ1) is 23.5. The number of phenols is 1. The monoisotopic (exact) mass is 465 g/mol. The fraction of sp³-hybridized carbons (Fsp3) is 0.385. The van der Waals surface area contributed by atoms with Gasteiger partial charge in [-0.25, -0.2) is 14.3 Å². The minimum atomic E-state index is -0.304. The number of imidazole rings is 1. The van der Waals surface area contributed by atoms with Crippen LogP contribution in [0, 0.1) is 0 Å². The Morgan fingerprint density at radius 2 is 1.59 bits per heavy atom. The normalized spacial score (nSPS) is 14.0. The largest absolute Gasteiger partial charge is 0.502 e. The highest BCUT2D eigenvalue weighted by Crippen LogP contribution is 2.44. The summed E-state index contributed by atoms with van der Waals surface area (Å²) in [6.45, 7) is 0. The second-order valence-corrected chi connectivity index (χ2v) is 8.35. The van der Waals surface area contributed by atoms with Crippen LogP contribution in [0.4, 0.5) is 4.79 Å². The molecule has 3 aromatic rings. The van der Waals surface area contributed by atoms with Crippen LogP contribution in [0.5, 0.6) is 23.0 Å². The number of aromatic nitrogens is 2. The zero-order chi connectivity index (χ0) is 24.2. The van der Waals surface area contributed by atoms with Crippen LogP contribution in [0.1, 0.15) is 43.7 Å². The number of carbonyl (C=O) groups is 1. The van der Waals surface area contributed by atoms with Crippen molar-refractivity contribution in [3.05, 3.63) is 42.1 Å². The van der Waals surface area contributed by atoms with Crippen molar-refractivity contribution in [1.82, 2.24) is 14.9 Å². The molecule has 1 heterocycles. The van der Waals surface area contributed by atoms with E-state index >= 15 is 0 Å². The topological polar surface area (TPSA) is 94.8 Å². The number of methoxy groups -OCH3 is 3. The van der Waals surface area contributed by atoms with Gasteiger partial charge in [0.25, 0.3) is 0 Å². The minimum absolute atomic E-state index is 0.102. The van der Waals surface area contributed by atoms with Crippen LogP contribution in [0.15, 0.2) is 36.4 Å². The summed E-state index contributed by atoms with van der Waals surface area (Å²) < 4.78 is 17.7. The average molecular weight is 466 g/mol. The lowest BCUT2D eigenvalue weighted by molar-refractivity contribution is 0.245. The van der Waals surface area contributed by atoms with Gasteiger partial charge in [0.05, 0.1) is 32.7 Å². The lowest BCUT2D eigenvalue weighted by Crippen LogP contribution is -2.26. The molecule has 1 aromatic heterocycles. The van der Waals surface area contributed by atoms with Gasteiger partial charge in [-0.1, -0.05) is 19.3 Å². The molecule has 0 bridgehead atoms. The number of phenolic OH excluding ortho intramolecular Hbond substituents is 1. The van der Waals surface area contributed by atoms with Crippen LogP contribution in [0.2, 0.25) is 0 Å². The average Bonchev–Trinajstić information content (AvgIpc) is 3.29. The van der Waals surface area contributed by atoms with Crippen molar-refractivity contribution >= 4 is 6.03 Å². The van der Waals surface area contributed by atoms with Crippen molar-refractivity contribution in [2.24, 2.45) is 0 Å². The van der Waals surface area contributed by atoms with Gasteiger partial charge in [-0.05, 0) is 49.2 Å². The SMILES string of the molecule is CNC(=O)n1c(-c2cc(OC)c(O)c(OC)c2)nc(C2CCCCC2)c1-c1ccc(OC)cc1. The number of hydrogen-bond donors (Lipinski definition) is 2. The van der Waals surface area contributed by atoms with Gasteiger partial charge in [0.2, 0.25) is 5.75 Å². The Balaban J connectivity index is 2.00. The molecule has 0 atom stereocenters. The maximum atomic E-state index is 13.3. The summed E-state index contributed by atoms with van der Waals surface area (Å²) in [5.41, 5.74) is 3.14. The lowest BCUT2D eigenvalue weighted by atomic mass is 9.85. The van der Waals surface area contributed by atoms with E-state index in [1.165, 1.54) is 20.6 Å². The molecule has 1 aliphatic rings. The molecular formula is C26H31N3O5. The third-order valence-electron chi connectivity index (χ3n) is 6.41. The molecule has 1 aliphatic carbocycles. The van der Waals surface area contributed by atoms with Gasteiger partial charge in [-0.3, -0.25) is 0 Å². The van der Waals surface area contributed by atoms with E-state index in [-0.39, 0.29) is 29.2 Å². The zero-order valence-electron chi connectivity index (χ0n) is 20.1. The predicted molar refractivity (Wildman–Crippen MR) is 130 cm³/mol. The molecule has 1 fully saturated rings. The van der Waals surface area contributed by atoms with E-state index in [1.54, 1.807) is 30.9 Å². The highest BCUT2D eigenvalue weighted by atomic mass is 16.5. The standard InChI is InChI=1S/C26H31N3O5/c1-27-26(31)29-23(17-10-12-19(32-2)13-11-17)22(16-8-6-5-7-9-16)28-25(29)18-14-20(33-3)24(30)21(15-18)34-4/h10-16,30H,5-9H2,1-4H3,(H,27,31). The van der Waals surface area contributed by atoms with E-state index in [2.05, 4.69) is 5.32 Å². The molecule has 0 spiro atoms. The van der Waals surface area contributed by atoms with Crippen molar-refractivity contribution in [3.8, 4) is 45.6 Å². The molecule has 34 heavy (non-hydrogen) atoms. The molecule has 180 valence electrons. The molecule has 0 radical (unpaired) electrons. The van der Waals surface area contributed by atoms with Gasteiger partial charge in [0.15, 0.2) is 11.5 Å². The molecule has 0 aliphatic heterocycles. The molecule has 2 aromatic carbocycles. The molecule has 1 amide bonds. The molecule has 0 saturated heterocycles. The third kappa shape index (κ3) is 4.27. The summed E-state index contributed by atoms with van der Waals surface area (Å²) in [6.07, 6.45) is 5.53. The molecule has 4 rings (SSSR count). The molecule has 8 nitrogen and oxygen atoms in total. The Morgan fingerprint density at radius 3 is 2.12 bits per heavy atom. The minimum Gasteiger partial charge on any atom is -0.502 e. The number of ether oxygens (including phenoxy) is 3. The van der Waals surface area contributed by atoms with Gasteiger partial charge in [0, 0.05) is 24.1 Å².